The molecule has 1 saturated heterocycles. The third-order valence-corrected chi connectivity index (χ3v) is 8.11. The van der Waals surface area contributed by atoms with E-state index in [-0.39, 0.29) is 11.6 Å². The van der Waals surface area contributed by atoms with E-state index in [9.17, 15) is 18.0 Å². The molecule has 9 nitrogen and oxygen atoms in total. The monoisotopic (exact) mass is 417 g/mol. The summed E-state index contributed by atoms with van der Waals surface area (Å²) >= 11 is 0. The maximum atomic E-state index is 13.0. The van der Waals surface area contributed by atoms with E-state index in [1.807, 2.05) is 18.2 Å². The van der Waals surface area contributed by atoms with E-state index in [1.54, 1.807) is 30.8 Å². The van der Waals surface area contributed by atoms with E-state index in [0.717, 1.165) is 19.3 Å². The van der Waals surface area contributed by atoms with Crippen LogP contribution in [0.4, 0.5) is 5.69 Å². The zero-order chi connectivity index (χ0) is 20.8. The number of hydrogen-bond donors (Lipinski definition) is 2. The van der Waals surface area contributed by atoms with Gasteiger partial charge in [0, 0.05) is 12.0 Å². The zero-order valence-electron chi connectivity index (χ0n) is 16.3. The number of amides is 2. The third-order valence-electron chi connectivity index (χ3n) is 5.79. The van der Waals surface area contributed by atoms with Crippen LogP contribution in [0, 0.1) is 0 Å². The Kier molecular flexibility index (Phi) is 4.60. The molecule has 1 spiro atoms. The summed E-state index contributed by atoms with van der Waals surface area (Å²) in [5.41, 5.74) is 1.35. The maximum absolute atomic E-state index is 13.0. The highest BCUT2D eigenvalue weighted by Gasteiger charge is 2.58. The smallest absolute Gasteiger partial charge is 0.330 e. The van der Waals surface area contributed by atoms with Crippen molar-refractivity contribution in [1.82, 2.24) is 5.32 Å². The Morgan fingerprint density at radius 3 is 2.45 bits per heavy atom. The molecule has 0 radical (unpaired) electrons. The van der Waals surface area contributed by atoms with Crippen LogP contribution in [-0.2, 0) is 19.4 Å². The van der Waals surface area contributed by atoms with Crippen molar-refractivity contribution >= 4 is 43.8 Å². The molecule has 3 aliphatic rings. The number of hydrazine groups is 1. The molecule has 1 saturated carbocycles. The number of para-hydroxylation sites is 1. The van der Waals surface area contributed by atoms with E-state index in [1.165, 1.54) is 5.01 Å². The average molecular weight is 417 g/mol. The lowest BCUT2D eigenvalue weighted by Gasteiger charge is -2.30. The highest BCUT2D eigenvalue weighted by Crippen LogP contribution is 2.37. The first-order valence-corrected chi connectivity index (χ1v) is 11.0. The molecule has 4 rings (SSSR count). The van der Waals surface area contributed by atoms with Gasteiger partial charge in [-0.3, -0.25) is 9.59 Å². The molecule has 2 N–H and O–H groups in total. The number of rotatable bonds is 2. The van der Waals surface area contributed by atoms with Crippen LogP contribution >= 0.6 is 0 Å². The molecule has 1 aromatic carbocycles. The fraction of sp³-hybridized carbons (Fsp3) is 0.421. The lowest BCUT2D eigenvalue weighted by molar-refractivity contribution is -0.496. The van der Waals surface area contributed by atoms with Gasteiger partial charge < -0.3 is 5.32 Å². The standard InChI is InChI=1S/C19H21N5O4S/c1-13-15(18(26)24(23(13)2)14-9-5-3-6-10-14)21-22-17-16(25)20-19(29(17,27)28)11-7-4-8-12-19/h3,5-6,9-10H,4,7-8,11-12H2,1-2H3/p+2. The lowest BCUT2D eigenvalue weighted by atomic mass is 9.95. The van der Waals surface area contributed by atoms with Crippen LogP contribution in [-0.4, -0.2) is 53.3 Å². The molecule has 2 aliphatic heterocycles. The second-order valence-corrected chi connectivity index (χ2v) is 9.65. The molecule has 10 heteroatoms. The number of carbonyl (C=O) groups excluding carboxylic acids is 2. The van der Waals surface area contributed by atoms with Crippen molar-refractivity contribution in [3.05, 3.63) is 30.3 Å². The fourth-order valence-electron chi connectivity index (χ4n) is 4.07. The van der Waals surface area contributed by atoms with Gasteiger partial charge in [-0.25, -0.2) is 8.42 Å². The molecule has 2 heterocycles. The Hall–Kier alpha value is -2.88. The first-order valence-electron chi connectivity index (χ1n) is 9.53. The van der Waals surface area contributed by atoms with E-state index in [2.05, 4.69) is 15.5 Å². The van der Waals surface area contributed by atoms with E-state index < -0.39 is 25.7 Å². The van der Waals surface area contributed by atoms with Crippen molar-refractivity contribution in [3.63, 3.8) is 0 Å². The Morgan fingerprint density at radius 2 is 1.79 bits per heavy atom. The van der Waals surface area contributed by atoms with Gasteiger partial charge >= 0.3 is 11.6 Å². The van der Waals surface area contributed by atoms with Gasteiger partial charge in [-0.15, -0.1) is 0 Å². The summed E-state index contributed by atoms with van der Waals surface area (Å²) < 4.78 is 27.7. The van der Waals surface area contributed by atoms with Gasteiger partial charge in [-0.05, 0) is 25.0 Å². The van der Waals surface area contributed by atoms with Gasteiger partial charge in [0.1, 0.15) is 10.6 Å². The van der Waals surface area contributed by atoms with Crippen LogP contribution in [0.25, 0.3) is 0 Å². The Bertz CT molecular complexity index is 1080. The number of carbonyl (C=O) groups is 2. The Balaban J connectivity index is 1.71. The molecule has 2 fully saturated rings. The summed E-state index contributed by atoms with van der Waals surface area (Å²) in [5, 5.41) is 9.96. The van der Waals surface area contributed by atoms with Gasteiger partial charge in [0.2, 0.25) is 9.84 Å². The van der Waals surface area contributed by atoms with Crippen molar-refractivity contribution in [2.75, 3.05) is 12.1 Å². The largest absolute Gasteiger partial charge is 0.386 e. The quantitative estimate of drug-likeness (QED) is 0.479. The summed E-state index contributed by atoms with van der Waals surface area (Å²) in [6.45, 7) is 1.72. The predicted octanol–water partition coefficient (Wildman–Crippen LogP) is -0.908. The summed E-state index contributed by atoms with van der Waals surface area (Å²) in [5.74, 6) is -1.11. The molecular formula is C19H23N5O4S+2. The van der Waals surface area contributed by atoms with Gasteiger partial charge in [0.25, 0.3) is 16.7 Å². The van der Waals surface area contributed by atoms with Crippen LogP contribution in [0.2, 0.25) is 0 Å². The molecule has 152 valence electrons. The molecule has 0 unspecified atom stereocenters. The Labute approximate surface area is 168 Å². The highest BCUT2D eigenvalue weighted by atomic mass is 32.2. The lowest BCUT2D eigenvalue weighted by Crippen LogP contribution is -2.71. The topological polar surface area (TPSA) is 113 Å². The predicted molar refractivity (Wildman–Crippen MR) is 107 cm³/mol. The minimum absolute atomic E-state index is 0.122. The minimum Gasteiger partial charge on any atom is -0.330 e. The summed E-state index contributed by atoms with van der Waals surface area (Å²) in [7, 11) is -2.22. The van der Waals surface area contributed by atoms with E-state index in [4.69, 9.17) is 0 Å². The highest BCUT2D eigenvalue weighted by molar-refractivity contribution is 8.10. The number of hydrogen-bond acceptors (Lipinski definition) is 5. The van der Waals surface area contributed by atoms with Crippen molar-refractivity contribution < 1.29 is 27.8 Å². The van der Waals surface area contributed by atoms with Crippen LogP contribution in [0.5, 0.6) is 0 Å². The Morgan fingerprint density at radius 1 is 1.14 bits per heavy atom. The number of anilines is 1. The second kappa shape index (κ2) is 6.87. The molecular weight excluding hydrogens is 394 g/mol. The molecule has 29 heavy (non-hydrogen) atoms. The van der Waals surface area contributed by atoms with Gasteiger partial charge in [-0.1, -0.05) is 52.3 Å². The molecule has 0 aromatic heterocycles. The molecule has 0 atom stereocenters. The van der Waals surface area contributed by atoms with Gasteiger partial charge in [0.05, 0.1) is 0 Å². The van der Waals surface area contributed by atoms with E-state index >= 15 is 0 Å². The van der Waals surface area contributed by atoms with E-state index in [0.29, 0.717) is 24.2 Å². The van der Waals surface area contributed by atoms with Crippen molar-refractivity contribution in [2.45, 2.75) is 43.9 Å². The third kappa shape index (κ3) is 2.89. The molecule has 1 aromatic rings. The SMILES string of the molecule is CC1=[N+](C)N(c2ccccc2)C(=O)C1=[NH+]N=C1C(=O)NC2(CCCCC2)S1(=O)=O. The minimum atomic E-state index is -3.94. The first-order chi connectivity index (χ1) is 13.8. The van der Waals surface area contributed by atoms with Crippen molar-refractivity contribution in [1.29, 1.82) is 0 Å². The number of nitrogens with one attached hydrogen (secondary N) is 2. The van der Waals surface area contributed by atoms with Crippen molar-refractivity contribution in [3.8, 4) is 0 Å². The summed E-state index contributed by atoms with van der Waals surface area (Å²) in [6.07, 6.45) is 3.18. The van der Waals surface area contributed by atoms with Crippen LogP contribution in [0.3, 0.4) is 0 Å². The fourth-order valence-corrected chi connectivity index (χ4v) is 5.95. The average Bonchev–Trinajstić information content (AvgIpc) is 3.02. The normalized spacial score (nSPS) is 26.1. The first kappa shape index (κ1) is 19.4. The number of benzene rings is 1. The second-order valence-electron chi connectivity index (χ2n) is 7.48. The number of hydrazone groups is 2. The number of nitrogens with zero attached hydrogens (tertiary/aromatic N) is 3. The van der Waals surface area contributed by atoms with Gasteiger partial charge in [0.15, 0.2) is 7.05 Å². The maximum Gasteiger partial charge on any atom is 0.386 e. The summed E-state index contributed by atoms with van der Waals surface area (Å²) in [4.78, 5) is 24.0. The molecule has 0 bridgehead atoms. The van der Waals surface area contributed by atoms with Crippen molar-refractivity contribution in [2.24, 2.45) is 5.10 Å². The van der Waals surface area contributed by atoms with Crippen LogP contribution in [0.1, 0.15) is 39.0 Å². The molecule has 1 aliphatic carbocycles. The summed E-state index contributed by atoms with van der Waals surface area (Å²) in [6, 6.07) is 9.06. The van der Waals surface area contributed by atoms with Gasteiger partial charge in [-0.2, -0.15) is 0 Å². The van der Waals surface area contributed by atoms with Crippen LogP contribution in [0.15, 0.2) is 35.4 Å². The number of sulfone groups is 1. The molecule has 2 amide bonds. The van der Waals surface area contributed by atoms with Crippen LogP contribution < -0.4 is 15.4 Å². The zero-order valence-corrected chi connectivity index (χ0v) is 17.1.